The van der Waals surface area contributed by atoms with E-state index in [9.17, 15) is 18.4 Å². The van der Waals surface area contributed by atoms with E-state index in [0.717, 1.165) is 11.1 Å². The zero-order valence-corrected chi connectivity index (χ0v) is 18.9. The Labute approximate surface area is 197 Å². The standard InChI is InChI=1S/C27H26F2N2O3/c1-2-26(33)31-12-11-19-9-10-23(15-24(19)27(31)20-6-4-8-22(29)14-20)34-17-25(32)30-16-18-5-3-7-21(28)13-18/h3-10,13-15,27H,2,11-12,16-17H2,1H3,(H,30,32)/t27-/m0/s1. The van der Waals surface area contributed by atoms with Crippen LogP contribution in [0.1, 0.15) is 41.6 Å². The van der Waals surface area contributed by atoms with Crippen molar-refractivity contribution in [2.75, 3.05) is 13.2 Å². The lowest BCUT2D eigenvalue weighted by Crippen LogP contribution is -2.40. The number of amides is 2. The summed E-state index contributed by atoms with van der Waals surface area (Å²) in [6.45, 7) is 2.34. The van der Waals surface area contributed by atoms with Gasteiger partial charge >= 0.3 is 0 Å². The van der Waals surface area contributed by atoms with Crippen LogP contribution >= 0.6 is 0 Å². The molecule has 176 valence electrons. The molecule has 0 radical (unpaired) electrons. The van der Waals surface area contributed by atoms with Gasteiger partial charge in [-0.05, 0) is 65.1 Å². The number of benzene rings is 3. The van der Waals surface area contributed by atoms with Gasteiger partial charge < -0.3 is 15.0 Å². The number of fused-ring (bicyclic) bond motifs is 1. The average molecular weight is 465 g/mol. The molecule has 1 N–H and O–H groups in total. The molecule has 0 spiro atoms. The summed E-state index contributed by atoms with van der Waals surface area (Å²) in [5.41, 5.74) is 3.25. The lowest BCUT2D eigenvalue weighted by atomic mass is 9.87. The van der Waals surface area contributed by atoms with Gasteiger partial charge in [0, 0.05) is 19.5 Å². The second-order valence-electron chi connectivity index (χ2n) is 8.20. The maximum atomic E-state index is 14.0. The molecule has 1 aliphatic heterocycles. The van der Waals surface area contributed by atoms with E-state index in [1.165, 1.54) is 24.3 Å². The van der Waals surface area contributed by atoms with E-state index in [2.05, 4.69) is 5.32 Å². The maximum Gasteiger partial charge on any atom is 0.258 e. The third kappa shape index (κ3) is 5.42. The van der Waals surface area contributed by atoms with E-state index in [1.54, 1.807) is 29.2 Å². The Kier molecular flexibility index (Phi) is 7.21. The molecular weight excluding hydrogens is 438 g/mol. The Bertz CT molecular complexity index is 1200. The zero-order chi connectivity index (χ0) is 24.1. The summed E-state index contributed by atoms with van der Waals surface area (Å²) < 4.78 is 33.0. The number of hydrogen-bond acceptors (Lipinski definition) is 3. The summed E-state index contributed by atoms with van der Waals surface area (Å²) >= 11 is 0. The molecule has 0 unspecified atom stereocenters. The van der Waals surface area contributed by atoms with Crippen molar-refractivity contribution in [2.24, 2.45) is 0 Å². The Balaban J connectivity index is 1.50. The molecule has 3 aromatic carbocycles. The highest BCUT2D eigenvalue weighted by atomic mass is 19.1. The van der Waals surface area contributed by atoms with Crippen LogP contribution in [0.4, 0.5) is 8.78 Å². The summed E-state index contributed by atoms with van der Waals surface area (Å²) in [5.74, 6) is -0.599. The molecule has 0 fully saturated rings. The van der Waals surface area contributed by atoms with Gasteiger partial charge in [0.1, 0.15) is 17.4 Å². The monoisotopic (exact) mass is 464 g/mol. The summed E-state index contributed by atoms with van der Waals surface area (Å²) in [4.78, 5) is 26.7. The van der Waals surface area contributed by atoms with Crippen LogP contribution in [-0.4, -0.2) is 29.9 Å². The molecule has 5 nitrogen and oxygen atoms in total. The predicted molar refractivity (Wildman–Crippen MR) is 124 cm³/mol. The van der Waals surface area contributed by atoms with Gasteiger partial charge in [0.25, 0.3) is 5.91 Å². The number of hydrogen-bond donors (Lipinski definition) is 1. The van der Waals surface area contributed by atoms with Crippen LogP contribution in [0.15, 0.2) is 66.7 Å². The summed E-state index contributed by atoms with van der Waals surface area (Å²) in [6.07, 6.45) is 1.03. The first kappa shape index (κ1) is 23.4. The van der Waals surface area contributed by atoms with Crippen molar-refractivity contribution < 1.29 is 23.1 Å². The molecule has 1 atom stereocenters. The minimum absolute atomic E-state index is 0.0111. The predicted octanol–water partition coefficient (Wildman–Crippen LogP) is 4.54. The Morgan fingerprint density at radius 2 is 1.79 bits per heavy atom. The highest BCUT2D eigenvalue weighted by Gasteiger charge is 2.32. The van der Waals surface area contributed by atoms with Gasteiger partial charge in [-0.1, -0.05) is 37.3 Å². The van der Waals surface area contributed by atoms with Crippen LogP contribution in [0.25, 0.3) is 0 Å². The highest BCUT2D eigenvalue weighted by Crippen LogP contribution is 2.37. The fourth-order valence-electron chi connectivity index (χ4n) is 4.24. The quantitative estimate of drug-likeness (QED) is 0.558. The SMILES string of the molecule is CCC(=O)N1CCc2ccc(OCC(=O)NCc3cccc(F)c3)cc2[C@@H]1c1cccc(F)c1. The number of halogens is 2. The number of rotatable bonds is 7. The van der Waals surface area contributed by atoms with Crippen LogP contribution in [0.5, 0.6) is 5.75 Å². The van der Waals surface area contributed by atoms with E-state index in [0.29, 0.717) is 36.3 Å². The van der Waals surface area contributed by atoms with Crippen molar-refractivity contribution >= 4 is 11.8 Å². The molecule has 0 saturated heterocycles. The molecule has 0 aliphatic carbocycles. The first-order valence-electron chi connectivity index (χ1n) is 11.3. The largest absolute Gasteiger partial charge is 0.484 e. The smallest absolute Gasteiger partial charge is 0.258 e. The molecule has 1 aliphatic rings. The fraction of sp³-hybridized carbons (Fsp3) is 0.259. The van der Waals surface area contributed by atoms with Crippen molar-refractivity contribution in [3.05, 3.63) is 101 Å². The first-order valence-corrected chi connectivity index (χ1v) is 11.3. The van der Waals surface area contributed by atoms with Crippen molar-refractivity contribution in [1.29, 1.82) is 0 Å². The highest BCUT2D eigenvalue weighted by molar-refractivity contribution is 5.78. The van der Waals surface area contributed by atoms with Crippen molar-refractivity contribution in [3.63, 3.8) is 0 Å². The Hall–Kier alpha value is -3.74. The summed E-state index contributed by atoms with van der Waals surface area (Å²) in [6, 6.07) is 17.4. The summed E-state index contributed by atoms with van der Waals surface area (Å²) in [7, 11) is 0. The number of carbonyl (C=O) groups is 2. The number of nitrogens with zero attached hydrogens (tertiary/aromatic N) is 1. The molecule has 4 rings (SSSR count). The fourth-order valence-corrected chi connectivity index (χ4v) is 4.24. The number of nitrogens with one attached hydrogen (secondary N) is 1. The van der Waals surface area contributed by atoms with Crippen molar-refractivity contribution in [3.8, 4) is 5.75 Å². The molecule has 7 heteroatoms. The minimum Gasteiger partial charge on any atom is -0.484 e. The topological polar surface area (TPSA) is 58.6 Å². The van der Waals surface area contributed by atoms with Crippen LogP contribution in [-0.2, 0) is 22.6 Å². The van der Waals surface area contributed by atoms with Crippen LogP contribution < -0.4 is 10.1 Å². The van der Waals surface area contributed by atoms with Gasteiger partial charge in [-0.3, -0.25) is 9.59 Å². The van der Waals surface area contributed by atoms with E-state index < -0.39 is 6.04 Å². The van der Waals surface area contributed by atoms with Gasteiger partial charge in [-0.15, -0.1) is 0 Å². The molecule has 0 bridgehead atoms. The zero-order valence-electron chi connectivity index (χ0n) is 18.9. The van der Waals surface area contributed by atoms with Gasteiger partial charge in [0.15, 0.2) is 6.61 Å². The first-order chi connectivity index (χ1) is 16.4. The molecule has 0 saturated carbocycles. The normalized spacial score (nSPS) is 14.9. The molecule has 1 heterocycles. The average Bonchev–Trinajstić information content (AvgIpc) is 2.85. The van der Waals surface area contributed by atoms with E-state index in [-0.39, 0.29) is 36.6 Å². The molecule has 3 aromatic rings. The molecule has 34 heavy (non-hydrogen) atoms. The van der Waals surface area contributed by atoms with E-state index in [4.69, 9.17) is 4.74 Å². The third-order valence-electron chi connectivity index (χ3n) is 5.88. The van der Waals surface area contributed by atoms with Gasteiger partial charge in [0.2, 0.25) is 5.91 Å². The van der Waals surface area contributed by atoms with Crippen molar-refractivity contribution in [2.45, 2.75) is 32.4 Å². The van der Waals surface area contributed by atoms with Gasteiger partial charge in [-0.2, -0.15) is 0 Å². The number of ether oxygens (including phenoxy) is 1. The van der Waals surface area contributed by atoms with Crippen LogP contribution in [0, 0.1) is 11.6 Å². The minimum atomic E-state index is -0.433. The second-order valence-corrected chi connectivity index (χ2v) is 8.20. The Morgan fingerprint density at radius 3 is 2.53 bits per heavy atom. The van der Waals surface area contributed by atoms with E-state index in [1.807, 2.05) is 25.1 Å². The number of carbonyl (C=O) groups excluding carboxylic acids is 2. The molecule has 0 aromatic heterocycles. The third-order valence-corrected chi connectivity index (χ3v) is 5.88. The second kappa shape index (κ2) is 10.5. The Morgan fingerprint density at radius 1 is 1.03 bits per heavy atom. The maximum absolute atomic E-state index is 14.0. The summed E-state index contributed by atoms with van der Waals surface area (Å²) in [5, 5.41) is 2.70. The molecular formula is C27H26F2N2O3. The lowest BCUT2D eigenvalue weighted by Gasteiger charge is -2.38. The van der Waals surface area contributed by atoms with Gasteiger partial charge in [0.05, 0.1) is 6.04 Å². The lowest BCUT2D eigenvalue weighted by molar-refractivity contribution is -0.133. The van der Waals surface area contributed by atoms with Crippen LogP contribution in [0.3, 0.4) is 0 Å². The van der Waals surface area contributed by atoms with E-state index >= 15 is 0 Å². The van der Waals surface area contributed by atoms with Crippen LogP contribution in [0.2, 0.25) is 0 Å². The van der Waals surface area contributed by atoms with Gasteiger partial charge in [-0.25, -0.2) is 8.78 Å². The molecule has 2 amide bonds. The van der Waals surface area contributed by atoms with Crippen molar-refractivity contribution in [1.82, 2.24) is 10.2 Å².